The molecule has 0 saturated carbocycles. The summed E-state index contributed by atoms with van der Waals surface area (Å²) >= 11 is 0. The summed E-state index contributed by atoms with van der Waals surface area (Å²) in [5.74, 6) is 0. The second-order valence-corrected chi connectivity index (χ2v) is 5.60. The van der Waals surface area contributed by atoms with Crippen molar-refractivity contribution >= 4 is 32.8 Å². The minimum atomic E-state index is -3.68. The van der Waals surface area contributed by atoms with E-state index in [4.69, 9.17) is 16.6 Å². The number of nitrogens with one attached hydrogen (secondary N) is 1. The van der Waals surface area contributed by atoms with Crippen molar-refractivity contribution in [3.8, 4) is 0 Å². The van der Waals surface area contributed by atoms with Crippen molar-refractivity contribution in [1.82, 2.24) is 0 Å². The van der Waals surface area contributed by atoms with Gasteiger partial charge in [0.05, 0.1) is 16.3 Å². The first kappa shape index (κ1) is 13.2. The molecule has 7 heteroatoms. The van der Waals surface area contributed by atoms with Crippen molar-refractivity contribution in [2.45, 2.75) is 4.90 Å². The molecule has 0 aliphatic carbocycles. The van der Waals surface area contributed by atoms with Crippen LogP contribution in [-0.4, -0.2) is 8.42 Å². The number of sulfonamides is 1. The van der Waals surface area contributed by atoms with Crippen LogP contribution >= 0.6 is 0 Å². The normalized spacial score (nSPS) is 11.2. The Balaban J connectivity index is 2.25. The van der Waals surface area contributed by atoms with Gasteiger partial charge in [0.1, 0.15) is 0 Å². The van der Waals surface area contributed by atoms with E-state index in [0.29, 0.717) is 22.7 Å². The predicted octanol–water partition coefficient (Wildman–Crippen LogP) is 1.24. The maximum Gasteiger partial charge on any atom is 0.238 e. The number of hydrogen-bond acceptors (Lipinski definition) is 5. The molecule has 0 aromatic heterocycles. The number of anilines is 4. The van der Waals surface area contributed by atoms with E-state index in [1.54, 1.807) is 30.3 Å². The molecule has 0 saturated heterocycles. The molecule has 6 nitrogen and oxygen atoms in total. The Labute approximate surface area is 111 Å². The molecule has 19 heavy (non-hydrogen) atoms. The number of benzene rings is 2. The average Bonchev–Trinajstić information content (AvgIpc) is 2.32. The number of nitrogens with two attached hydrogens (primary N) is 3. The minimum Gasteiger partial charge on any atom is -0.399 e. The fourth-order valence-corrected chi connectivity index (χ4v) is 2.09. The van der Waals surface area contributed by atoms with Gasteiger partial charge in [-0.3, -0.25) is 0 Å². The molecular weight excluding hydrogens is 264 g/mol. The summed E-state index contributed by atoms with van der Waals surface area (Å²) in [4.78, 5) is 0.0586. The van der Waals surface area contributed by atoms with Gasteiger partial charge in [0, 0.05) is 11.4 Å². The molecule has 0 fully saturated rings. The Morgan fingerprint density at radius 2 is 1.58 bits per heavy atom. The van der Waals surface area contributed by atoms with E-state index < -0.39 is 10.0 Å². The summed E-state index contributed by atoms with van der Waals surface area (Å²) in [6.45, 7) is 0. The molecule has 2 aromatic carbocycles. The predicted molar refractivity (Wildman–Crippen MR) is 76.4 cm³/mol. The van der Waals surface area contributed by atoms with Gasteiger partial charge < -0.3 is 16.8 Å². The van der Waals surface area contributed by atoms with Crippen molar-refractivity contribution in [1.29, 1.82) is 0 Å². The zero-order valence-corrected chi connectivity index (χ0v) is 10.8. The smallest absolute Gasteiger partial charge is 0.238 e. The van der Waals surface area contributed by atoms with Crippen molar-refractivity contribution in [2.75, 3.05) is 16.8 Å². The summed E-state index contributed by atoms with van der Waals surface area (Å²) < 4.78 is 22.2. The van der Waals surface area contributed by atoms with Gasteiger partial charge in [-0.05, 0) is 42.5 Å². The lowest BCUT2D eigenvalue weighted by molar-refractivity contribution is 0.598. The molecule has 0 aliphatic rings. The fraction of sp³-hybridized carbons (Fsp3) is 0. The fourth-order valence-electron chi connectivity index (χ4n) is 1.58. The van der Waals surface area contributed by atoms with Crippen LogP contribution in [0.4, 0.5) is 22.7 Å². The number of hydrogen-bond donors (Lipinski definition) is 4. The Morgan fingerprint density at radius 3 is 2.11 bits per heavy atom. The lowest BCUT2D eigenvalue weighted by atomic mass is 10.2. The third-order valence-corrected chi connectivity index (χ3v) is 3.47. The van der Waals surface area contributed by atoms with Crippen LogP contribution in [0.2, 0.25) is 0 Å². The number of primary sulfonamides is 1. The lowest BCUT2D eigenvalue weighted by Crippen LogP contribution is -2.11. The number of nitrogen functional groups attached to an aromatic ring is 2. The Morgan fingerprint density at radius 1 is 0.947 bits per heavy atom. The van der Waals surface area contributed by atoms with Gasteiger partial charge in [-0.1, -0.05) is 0 Å². The first-order valence-corrected chi connectivity index (χ1v) is 6.96. The van der Waals surface area contributed by atoms with Gasteiger partial charge in [0.2, 0.25) is 10.0 Å². The Hall–Kier alpha value is -2.25. The first-order chi connectivity index (χ1) is 8.86. The van der Waals surface area contributed by atoms with E-state index >= 15 is 0 Å². The zero-order valence-electron chi connectivity index (χ0n) is 10.00. The zero-order chi connectivity index (χ0) is 14.0. The molecule has 0 radical (unpaired) electrons. The average molecular weight is 278 g/mol. The van der Waals surface area contributed by atoms with E-state index in [0.717, 1.165) is 0 Å². The van der Waals surface area contributed by atoms with Crippen molar-refractivity contribution < 1.29 is 8.42 Å². The topological polar surface area (TPSA) is 124 Å². The van der Waals surface area contributed by atoms with Crippen molar-refractivity contribution in [2.24, 2.45) is 5.14 Å². The summed E-state index contributed by atoms with van der Waals surface area (Å²) in [5, 5.41) is 8.08. The summed E-state index contributed by atoms with van der Waals surface area (Å²) in [7, 11) is -3.68. The highest BCUT2D eigenvalue weighted by Crippen LogP contribution is 2.25. The van der Waals surface area contributed by atoms with Crippen molar-refractivity contribution in [3.05, 3.63) is 42.5 Å². The third-order valence-electron chi connectivity index (χ3n) is 2.54. The van der Waals surface area contributed by atoms with Crippen LogP contribution in [0.1, 0.15) is 0 Å². The summed E-state index contributed by atoms with van der Waals surface area (Å²) in [5.41, 5.74) is 13.9. The van der Waals surface area contributed by atoms with E-state index in [2.05, 4.69) is 5.32 Å². The van der Waals surface area contributed by atoms with Crippen LogP contribution in [0.5, 0.6) is 0 Å². The third kappa shape index (κ3) is 3.15. The quantitative estimate of drug-likeness (QED) is 0.629. The van der Waals surface area contributed by atoms with Crippen molar-refractivity contribution in [3.63, 3.8) is 0 Å². The van der Waals surface area contributed by atoms with Crippen LogP contribution in [0.15, 0.2) is 47.4 Å². The second kappa shape index (κ2) is 4.79. The molecule has 2 aromatic rings. The van der Waals surface area contributed by atoms with E-state index in [1.807, 2.05) is 0 Å². The van der Waals surface area contributed by atoms with E-state index in [9.17, 15) is 8.42 Å². The monoisotopic (exact) mass is 278 g/mol. The molecular formula is C12H14N4O2S. The molecule has 0 atom stereocenters. The highest BCUT2D eigenvalue weighted by atomic mass is 32.2. The SMILES string of the molecule is Nc1ccc(Nc2ccc(S(N)(=O)=O)cc2)c(N)c1. The highest BCUT2D eigenvalue weighted by molar-refractivity contribution is 7.89. The van der Waals surface area contributed by atoms with Gasteiger partial charge in [-0.15, -0.1) is 0 Å². The molecule has 7 N–H and O–H groups in total. The summed E-state index contributed by atoms with van der Waals surface area (Å²) in [6, 6.07) is 11.2. The maximum atomic E-state index is 11.1. The van der Waals surface area contributed by atoms with Crippen LogP contribution in [0.25, 0.3) is 0 Å². The molecule has 0 heterocycles. The molecule has 0 aliphatic heterocycles. The van der Waals surface area contributed by atoms with E-state index in [1.165, 1.54) is 12.1 Å². The van der Waals surface area contributed by atoms with Crippen LogP contribution in [0.3, 0.4) is 0 Å². The van der Waals surface area contributed by atoms with Crippen LogP contribution in [-0.2, 0) is 10.0 Å². The Kier molecular flexibility index (Phi) is 3.32. The largest absolute Gasteiger partial charge is 0.399 e. The van der Waals surface area contributed by atoms with Crippen LogP contribution in [0, 0.1) is 0 Å². The number of rotatable bonds is 3. The van der Waals surface area contributed by atoms with Crippen LogP contribution < -0.4 is 21.9 Å². The molecule has 100 valence electrons. The molecule has 0 amide bonds. The molecule has 0 unspecified atom stereocenters. The van der Waals surface area contributed by atoms with Gasteiger partial charge >= 0.3 is 0 Å². The van der Waals surface area contributed by atoms with E-state index in [-0.39, 0.29) is 4.90 Å². The van der Waals surface area contributed by atoms with Gasteiger partial charge in [-0.2, -0.15) is 0 Å². The molecule has 0 spiro atoms. The minimum absolute atomic E-state index is 0.0586. The molecule has 0 bridgehead atoms. The summed E-state index contributed by atoms with van der Waals surface area (Å²) in [6.07, 6.45) is 0. The first-order valence-electron chi connectivity index (χ1n) is 5.41. The highest BCUT2D eigenvalue weighted by Gasteiger charge is 2.07. The van der Waals surface area contributed by atoms with Gasteiger partial charge in [0.15, 0.2) is 0 Å². The lowest BCUT2D eigenvalue weighted by Gasteiger charge is -2.10. The Bertz CT molecular complexity index is 696. The maximum absolute atomic E-state index is 11.1. The molecule has 2 rings (SSSR count). The van der Waals surface area contributed by atoms with Gasteiger partial charge in [0.25, 0.3) is 0 Å². The second-order valence-electron chi connectivity index (χ2n) is 4.04. The standard InChI is InChI=1S/C12H14N4O2S/c13-8-1-6-12(11(14)7-8)16-9-2-4-10(5-3-9)19(15,17)18/h1-7,16H,13-14H2,(H2,15,17,18). The van der Waals surface area contributed by atoms with Gasteiger partial charge in [-0.25, -0.2) is 13.6 Å².